The van der Waals surface area contributed by atoms with Gasteiger partial charge in [-0.3, -0.25) is 13.9 Å². The smallest absolute Gasteiger partial charge is 0.264 e. The zero-order chi connectivity index (χ0) is 30.2. The molecule has 0 bridgehead atoms. The first-order valence-corrected chi connectivity index (χ1v) is 15.4. The summed E-state index contributed by atoms with van der Waals surface area (Å²) in [4.78, 5) is 28.7. The van der Waals surface area contributed by atoms with Gasteiger partial charge < -0.3 is 15.0 Å². The molecule has 0 radical (unpaired) electrons. The van der Waals surface area contributed by atoms with Gasteiger partial charge >= 0.3 is 0 Å². The molecule has 220 valence electrons. The van der Waals surface area contributed by atoms with E-state index in [0.717, 1.165) is 9.87 Å². The van der Waals surface area contributed by atoms with Crippen LogP contribution < -0.4 is 14.4 Å². The minimum atomic E-state index is -4.18. The maximum atomic E-state index is 14.1. The number of carbonyl (C=O) groups excluding carboxylic acids is 2. The fourth-order valence-electron chi connectivity index (χ4n) is 4.35. The Balaban J connectivity index is 2.06. The number of hydrogen-bond acceptors (Lipinski definition) is 5. The highest BCUT2D eigenvalue weighted by molar-refractivity contribution is 7.92. The van der Waals surface area contributed by atoms with Gasteiger partial charge in [0, 0.05) is 17.6 Å². The van der Waals surface area contributed by atoms with E-state index in [9.17, 15) is 18.0 Å². The number of carbonyl (C=O) groups is 2. The van der Waals surface area contributed by atoms with Gasteiger partial charge in [0.15, 0.2) is 0 Å². The van der Waals surface area contributed by atoms with Crippen molar-refractivity contribution in [2.75, 3.05) is 17.5 Å². The molecule has 0 aliphatic heterocycles. The third kappa shape index (κ3) is 8.24. The van der Waals surface area contributed by atoms with Gasteiger partial charge in [-0.1, -0.05) is 54.4 Å². The average molecular weight is 600 g/mol. The lowest BCUT2D eigenvalue weighted by Crippen LogP contribution is -2.53. The van der Waals surface area contributed by atoms with Crippen LogP contribution in [-0.4, -0.2) is 50.4 Å². The van der Waals surface area contributed by atoms with Gasteiger partial charge in [-0.15, -0.1) is 0 Å². The number of amides is 2. The fraction of sp³-hybridized carbons (Fsp3) is 0.355. The topological polar surface area (TPSA) is 96.0 Å². The van der Waals surface area contributed by atoms with Crippen molar-refractivity contribution in [2.45, 2.75) is 64.6 Å². The molecule has 41 heavy (non-hydrogen) atoms. The lowest BCUT2D eigenvalue weighted by atomic mass is 10.1. The van der Waals surface area contributed by atoms with E-state index in [1.54, 1.807) is 60.7 Å². The summed E-state index contributed by atoms with van der Waals surface area (Å²) >= 11 is 6.43. The molecule has 0 saturated heterocycles. The summed E-state index contributed by atoms with van der Waals surface area (Å²) in [7, 11) is -4.18. The van der Waals surface area contributed by atoms with E-state index in [1.165, 1.54) is 17.0 Å². The SMILES string of the molecule is CCOc1ccc(S(=O)(=O)N(CC(=O)N(Cc2ccccc2Cl)[C@@H](CC)C(=O)NC(C)C)c2ccc(C)cc2)cc1. The van der Waals surface area contributed by atoms with Crippen LogP contribution in [-0.2, 0) is 26.2 Å². The Morgan fingerprint density at radius 2 is 1.59 bits per heavy atom. The van der Waals surface area contributed by atoms with Crippen LogP contribution in [0, 0.1) is 6.92 Å². The van der Waals surface area contributed by atoms with Gasteiger partial charge in [-0.2, -0.15) is 0 Å². The first-order chi connectivity index (χ1) is 19.5. The number of hydrogen-bond donors (Lipinski definition) is 1. The van der Waals surface area contributed by atoms with E-state index < -0.39 is 28.5 Å². The predicted molar refractivity (Wildman–Crippen MR) is 163 cm³/mol. The standard InChI is InChI=1S/C31H38ClN3O5S/c1-6-29(31(37)33-22(3)4)34(20-24-10-8-9-11-28(24)32)30(36)21-35(25-14-12-23(5)13-15-25)41(38,39)27-18-16-26(17-19-27)40-7-2/h8-19,22,29H,6-7,20-21H2,1-5H3,(H,33,37)/t29-/m0/s1. The molecule has 0 spiro atoms. The lowest BCUT2D eigenvalue weighted by molar-refractivity contribution is -0.140. The average Bonchev–Trinajstić information content (AvgIpc) is 2.93. The van der Waals surface area contributed by atoms with Crippen molar-refractivity contribution in [2.24, 2.45) is 0 Å². The van der Waals surface area contributed by atoms with Crippen molar-refractivity contribution >= 4 is 39.1 Å². The van der Waals surface area contributed by atoms with Crippen LogP contribution in [0.25, 0.3) is 0 Å². The predicted octanol–water partition coefficient (Wildman–Crippen LogP) is 5.57. The van der Waals surface area contributed by atoms with Gasteiger partial charge in [0.1, 0.15) is 18.3 Å². The minimum Gasteiger partial charge on any atom is -0.494 e. The molecule has 3 rings (SSSR count). The van der Waals surface area contributed by atoms with E-state index in [0.29, 0.717) is 35.1 Å². The number of benzene rings is 3. The molecule has 0 aliphatic rings. The molecule has 1 N–H and O–H groups in total. The Labute approximate surface area is 248 Å². The summed E-state index contributed by atoms with van der Waals surface area (Å²) in [6.07, 6.45) is 0.324. The van der Waals surface area contributed by atoms with E-state index in [2.05, 4.69) is 5.32 Å². The second-order valence-corrected chi connectivity index (χ2v) is 12.2. The number of halogens is 1. The van der Waals surface area contributed by atoms with E-state index in [4.69, 9.17) is 16.3 Å². The van der Waals surface area contributed by atoms with Gasteiger partial charge in [0.25, 0.3) is 10.0 Å². The number of anilines is 1. The highest BCUT2D eigenvalue weighted by atomic mass is 35.5. The van der Waals surface area contributed by atoms with Crippen LogP contribution in [0.3, 0.4) is 0 Å². The molecule has 0 fully saturated rings. The molecule has 0 aromatic heterocycles. The van der Waals surface area contributed by atoms with Crippen molar-refractivity contribution < 1.29 is 22.7 Å². The van der Waals surface area contributed by atoms with Crippen molar-refractivity contribution in [3.05, 3.63) is 88.9 Å². The number of aryl methyl sites for hydroxylation is 1. The lowest BCUT2D eigenvalue weighted by Gasteiger charge is -2.33. The summed E-state index contributed by atoms with van der Waals surface area (Å²) in [5, 5.41) is 3.33. The Kier molecular flexibility index (Phi) is 11.2. The highest BCUT2D eigenvalue weighted by Crippen LogP contribution is 2.27. The van der Waals surface area contributed by atoms with Crippen LogP contribution in [0.4, 0.5) is 5.69 Å². The third-order valence-corrected chi connectivity index (χ3v) is 8.60. The van der Waals surface area contributed by atoms with Crippen LogP contribution in [0.15, 0.2) is 77.7 Å². The molecule has 10 heteroatoms. The molecule has 0 heterocycles. The van der Waals surface area contributed by atoms with Crippen molar-refractivity contribution in [3.63, 3.8) is 0 Å². The van der Waals surface area contributed by atoms with Gasteiger partial charge in [-0.25, -0.2) is 8.42 Å². The molecule has 1 atom stereocenters. The highest BCUT2D eigenvalue weighted by Gasteiger charge is 2.34. The van der Waals surface area contributed by atoms with E-state index in [1.807, 2.05) is 34.6 Å². The summed E-state index contributed by atoms with van der Waals surface area (Å²) in [6, 6.07) is 19.1. The normalized spacial score (nSPS) is 12.1. The van der Waals surface area contributed by atoms with Gasteiger partial charge in [0.2, 0.25) is 11.8 Å². The van der Waals surface area contributed by atoms with Crippen LogP contribution in [0.2, 0.25) is 5.02 Å². The van der Waals surface area contributed by atoms with Crippen molar-refractivity contribution in [1.82, 2.24) is 10.2 Å². The molecule has 8 nitrogen and oxygen atoms in total. The zero-order valence-corrected chi connectivity index (χ0v) is 25.7. The zero-order valence-electron chi connectivity index (χ0n) is 24.1. The van der Waals surface area contributed by atoms with E-state index >= 15 is 0 Å². The molecular formula is C31H38ClN3O5S. The summed E-state index contributed by atoms with van der Waals surface area (Å²) in [5.74, 6) is -0.317. The van der Waals surface area contributed by atoms with Gasteiger partial charge in [-0.05, 0) is 82.1 Å². The number of nitrogens with zero attached hydrogens (tertiary/aromatic N) is 2. The quantitative estimate of drug-likeness (QED) is 0.277. The van der Waals surface area contributed by atoms with Crippen LogP contribution in [0.1, 0.15) is 45.2 Å². The van der Waals surface area contributed by atoms with E-state index in [-0.39, 0.29) is 23.4 Å². The fourth-order valence-corrected chi connectivity index (χ4v) is 5.96. The van der Waals surface area contributed by atoms with Gasteiger partial charge in [0.05, 0.1) is 17.2 Å². The number of sulfonamides is 1. The monoisotopic (exact) mass is 599 g/mol. The maximum absolute atomic E-state index is 14.1. The maximum Gasteiger partial charge on any atom is 0.264 e. The number of ether oxygens (including phenoxy) is 1. The Morgan fingerprint density at radius 3 is 2.15 bits per heavy atom. The second-order valence-electron chi connectivity index (χ2n) is 9.95. The summed E-state index contributed by atoms with van der Waals surface area (Å²) in [6.45, 7) is 9.19. The largest absolute Gasteiger partial charge is 0.494 e. The van der Waals surface area contributed by atoms with Crippen molar-refractivity contribution in [1.29, 1.82) is 0 Å². The minimum absolute atomic E-state index is 0.0107. The second kappa shape index (κ2) is 14.4. The van der Waals surface area contributed by atoms with Crippen molar-refractivity contribution in [3.8, 4) is 5.75 Å². The molecular weight excluding hydrogens is 562 g/mol. The first kappa shape index (κ1) is 32.0. The van der Waals surface area contributed by atoms with Crippen LogP contribution in [0.5, 0.6) is 5.75 Å². The molecule has 2 amide bonds. The number of nitrogens with one attached hydrogen (secondary N) is 1. The molecule has 0 saturated carbocycles. The Morgan fingerprint density at radius 1 is 0.951 bits per heavy atom. The molecule has 3 aromatic carbocycles. The van der Waals surface area contributed by atoms with Crippen LogP contribution >= 0.6 is 11.6 Å². The number of rotatable bonds is 13. The molecule has 0 aliphatic carbocycles. The molecule has 0 unspecified atom stereocenters. The first-order valence-electron chi connectivity index (χ1n) is 13.6. The molecule has 3 aromatic rings. The Hall–Kier alpha value is -3.56. The Bertz CT molecular complexity index is 1430. The summed E-state index contributed by atoms with van der Waals surface area (Å²) in [5.41, 5.74) is 1.92. The summed E-state index contributed by atoms with van der Waals surface area (Å²) < 4.78 is 34.5. The third-order valence-electron chi connectivity index (χ3n) is 6.44.